The monoisotopic (exact) mass is 205 g/mol. The number of thiol groups is 1. The van der Waals surface area contributed by atoms with Crippen molar-refractivity contribution in [3.05, 3.63) is 47.0 Å². The zero-order valence-corrected chi connectivity index (χ0v) is 8.74. The van der Waals surface area contributed by atoms with Crippen LogP contribution >= 0.6 is 10.9 Å². The van der Waals surface area contributed by atoms with Gasteiger partial charge >= 0.3 is 0 Å². The van der Waals surface area contributed by atoms with E-state index in [1.807, 2.05) is 35.2 Å². The Kier molecular flexibility index (Phi) is 2.50. The average molecular weight is 205 g/mol. The van der Waals surface area contributed by atoms with Gasteiger partial charge in [-0.2, -0.15) is 10.9 Å². The number of nitrogens with zero attached hydrogens (tertiary/aromatic N) is 1. The third kappa shape index (κ3) is 1.77. The quantitative estimate of drug-likeness (QED) is 0.714. The molecule has 0 N–H and O–H groups in total. The average Bonchev–Trinajstić information content (AvgIpc) is 2.68. The molecule has 1 aromatic heterocycles. The zero-order valence-electron chi connectivity index (χ0n) is 7.84. The number of aromatic nitrogens is 1. The van der Waals surface area contributed by atoms with Crippen LogP contribution in [0.4, 0.5) is 0 Å². The Morgan fingerprint density at radius 2 is 2.36 bits per heavy atom. The van der Waals surface area contributed by atoms with Crippen molar-refractivity contribution in [3.8, 4) is 0 Å². The molecule has 1 unspecified atom stereocenters. The fourth-order valence-corrected chi connectivity index (χ4v) is 2.63. The molecule has 3 heteroatoms. The Balaban J connectivity index is 2.28. The standard InChI is InChI=1S/C11H11NOS/c1-9(13)14-6-4-11(8-14)10-3-2-5-12-7-10/h2-8,14H,1H3. The van der Waals surface area contributed by atoms with Gasteiger partial charge in [0.25, 0.3) is 0 Å². The van der Waals surface area contributed by atoms with Gasteiger partial charge in [0, 0.05) is 24.9 Å². The molecule has 2 heterocycles. The number of pyridine rings is 1. The lowest BCUT2D eigenvalue weighted by atomic mass is 10.1. The van der Waals surface area contributed by atoms with Gasteiger partial charge in [0.15, 0.2) is 5.12 Å². The van der Waals surface area contributed by atoms with Crippen LogP contribution in [0.2, 0.25) is 0 Å². The number of allylic oxidation sites excluding steroid dienone is 2. The Morgan fingerprint density at radius 1 is 1.50 bits per heavy atom. The number of hydrogen-bond donors (Lipinski definition) is 1. The van der Waals surface area contributed by atoms with Gasteiger partial charge in [0.2, 0.25) is 0 Å². The Bertz CT molecular complexity index is 409. The molecule has 0 fully saturated rings. The summed E-state index contributed by atoms with van der Waals surface area (Å²) in [5.41, 5.74) is 2.19. The van der Waals surface area contributed by atoms with Crippen molar-refractivity contribution in [2.24, 2.45) is 0 Å². The summed E-state index contributed by atoms with van der Waals surface area (Å²) in [6.45, 7) is 1.64. The lowest BCUT2D eigenvalue weighted by Crippen LogP contribution is -1.84. The fourth-order valence-electron chi connectivity index (χ4n) is 1.30. The molecule has 0 aliphatic carbocycles. The SMILES string of the molecule is CC(=O)[SH]1C=CC(c2cccnc2)=C1. The maximum atomic E-state index is 11.1. The fraction of sp³-hybridized carbons (Fsp3) is 0.0909. The van der Waals surface area contributed by atoms with Gasteiger partial charge in [-0.15, -0.1) is 0 Å². The molecule has 1 aromatic rings. The van der Waals surface area contributed by atoms with Gasteiger partial charge in [0.1, 0.15) is 0 Å². The smallest absolute Gasteiger partial charge is 0.173 e. The van der Waals surface area contributed by atoms with Gasteiger partial charge in [-0.1, -0.05) is 6.07 Å². The molecule has 0 radical (unpaired) electrons. The summed E-state index contributed by atoms with van der Waals surface area (Å²) in [6.07, 6.45) is 5.57. The molecule has 72 valence electrons. The summed E-state index contributed by atoms with van der Waals surface area (Å²) in [4.78, 5) is 15.2. The molecule has 2 rings (SSSR count). The van der Waals surface area contributed by atoms with Crippen molar-refractivity contribution in [2.75, 3.05) is 0 Å². The molecule has 0 saturated carbocycles. The highest BCUT2D eigenvalue weighted by Gasteiger charge is 2.10. The van der Waals surface area contributed by atoms with Crippen molar-refractivity contribution >= 4 is 21.6 Å². The van der Waals surface area contributed by atoms with Crippen LogP contribution in [-0.2, 0) is 4.79 Å². The Morgan fingerprint density at radius 3 is 2.93 bits per heavy atom. The van der Waals surface area contributed by atoms with Crippen molar-refractivity contribution < 1.29 is 4.79 Å². The summed E-state index contributed by atoms with van der Waals surface area (Å²) in [7, 11) is -0.676. The molecular formula is C11H11NOS. The van der Waals surface area contributed by atoms with E-state index >= 15 is 0 Å². The second-order valence-corrected chi connectivity index (χ2v) is 5.07. The van der Waals surface area contributed by atoms with E-state index in [-0.39, 0.29) is 5.12 Å². The van der Waals surface area contributed by atoms with E-state index in [4.69, 9.17) is 0 Å². The highest BCUT2D eigenvalue weighted by Crippen LogP contribution is 2.39. The predicted octanol–water partition coefficient (Wildman–Crippen LogP) is 2.50. The summed E-state index contributed by atoms with van der Waals surface area (Å²) < 4.78 is 0. The van der Waals surface area contributed by atoms with E-state index in [0.717, 1.165) is 11.1 Å². The highest BCUT2D eigenvalue weighted by molar-refractivity contribution is 8.34. The van der Waals surface area contributed by atoms with E-state index in [9.17, 15) is 4.79 Å². The van der Waals surface area contributed by atoms with Crippen LogP contribution in [0.5, 0.6) is 0 Å². The van der Waals surface area contributed by atoms with E-state index in [0.29, 0.717) is 0 Å². The maximum Gasteiger partial charge on any atom is 0.173 e. The lowest BCUT2D eigenvalue weighted by molar-refractivity contribution is -0.109. The first kappa shape index (κ1) is 9.21. The summed E-state index contributed by atoms with van der Waals surface area (Å²) >= 11 is 0. The molecule has 1 aliphatic heterocycles. The Labute approximate surface area is 85.7 Å². The normalized spacial score (nSPS) is 22.1. The van der Waals surface area contributed by atoms with Gasteiger partial charge in [0.05, 0.1) is 0 Å². The molecule has 0 amide bonds. The zero-order chi connectivity index (χ0) is 9.97. The molecular weight excluding hydrogens is 194 g/mol. The maximum absolute atomic E-state index is 11.1. The second kappa shape index (κ2) is 3.80. The van der Waals surface area contributed by atoms with Crippen LogP contribution < -0.4 is 0 Å². The highest BCUT2D eigenvalue weighted by atomic mass is 32.2. The van der Waals surface area contributed by atoms with Gasteiger partial charge < -0.3 is 0 Å². The number of hydrogen-bond acceptors (Lipinski definition) is 2. The first-order valence-corrected chi connectivity index (χ1v) is 5.85. The van der Waals surface area contributed by atoms with Crippen molar-refractivity contribution in [3.63, 3.8) is 0 Å². The minimum atomic E-state index is -0.676. The van der Waals surface area contributed by atoms with Gasteiger partial charge in [-0.3, -0.25) is 9.78 Å². The molecule has 0 bridgehead atoms. The minimum absolute atomic E-state index is 0.246. The van der Waals surface area contributed by atoms with E-state index in [1.54, 1.807) is 13.1 Å². The van der Waals surface area contributed by atoms with Crippen LogP contribution in [0.3, 0.4) is 0 Å². The largest absolute Gasteiger partial charge is 0.289 e. The van der Waals surface area contributed by atoms with Gasteiger partial charge in [-0.05, 0) is 28.5 Å². The number of rotatable bonds is 1. The van der Waals surface area contributed by atoms with E-state index in [2.05, 4.69) is 4.98 Å². The van der Waals surface area contributed by atoms with Crippen molar-refractivity contribution in [2.45, 2.75) is 6.92 Å². The lowest BCUT2D eigenvalue weighted by Gasteiger charge is -2.02. The van der Waals surface area contributed by atoms with Crippen LogP contribution in [-0.4, -0.2) is 10.1 Å². The molecule has 0 saturated heterocycles. The molecule has 1 atom stereocenters. The third-order valence-electron chi connectivity index (χ3n) is 2.05. The number of carbonyl (C=O) groups is 1. The van der Waals surface area contributed by atoms with Crippen LogP contribution in [0.25, 0.3) is 5.57 Å². The van der Waals surface area contributed by atoms with Crippen LogP contribution in [0.1, 0.15) is 12.5 Å². The predicted molar refractivity (Wildman–Crippen MR) is 61.0 cm³/mol. The molecule has 0 aromatic carbocycles. The van der Waals surface area contributed by atoms with Crippen LogP contribution in [0, 0.1) is 0 Å². The van der Waals surface area contributed by atoms with Crippen molar-refractivity contribution in [1.82, 2.24) is 4.98 Å². The van der Waals surface area contributed by atoms with Crippen molar-refractivity contribution in [1.29, 1.82) is 0 Å². The third-order valence-corrected chi connectivity index (χ3v) is 3.81. The second-order valence-electron chi connectivity index (χ2n) is 3.07. The summed E-state index contributed by atoms with van der Waals surface area (Å²) in [5.74, 6) is 0. The minimum Gasteiger partial charge on any atom is -0.289 e. The van der Waals surface area contributed by atoms with Gasteiger partial charge in [-0.25, -0.2) is 0 Å². The summed E-state index contributed by atoms with van der Waals surface area (Å²) in [5, 5.41) is 4.27. The van der Waals surface area contributed by atoms with E-state index < -0.39 is 10.9 Å². The molecule has 1 aliphatic rings. The first-order chi connectivity index (χ1) is 6.77. The van der Waals surface area contributed by atoms with E-state index in [1.165, 1.54) is 0 Å². The topological polar surface area (TPSA) is 30.0 Å². The molecule has 2 nitrogen and oxygen atoms in total. The first-order valence-electron chi connectivity index (χ1n) is 4.37. The van der Waals surface area contributed by atoms with Crippen LogP contribution in [0.15, 0.2) is 41.4 Å². The summed E-state index contributed by atoms with van der Waals surface area (Å²) in [6, 6.07) is 3.90. The number of carbonyl (C=O) groups excluding carboxylic acids is 1. The molecule has 14 heavy (non-hydrogen) atoms. The Hall–Kier alpha value is -1.35. The molecule has 0 spiro atoms.